The Morgan fingerprint density at radius 1 is 1.25 bits per heavy atom. The number of ether oxygens (including phenoxy) is 2. The number of rotatable bonds is 5. The van der Waals surface area contributed by atoms with Crippen LogP contribution in [0.15, 0.2) is 18.2 Å². The predicted octanol–water partition coefficient (Wildman–Crippen LogP) is 1.38. The van der Waals surface area contributed by atoms with Gasteiger partial charge in [0, 0.05) is 6.54 Å². The Morgan fingerprint density at radius 3 is 2.50 bits per heavy atom. The standard InChI is InChI=1S/C12H17NO3/c1-4-13-12(14)8-9-5-6-10(15-2)11(7-9)16-3/h5-7H,4,8H2,1-3H3,(H,13,14). The number of amides is 1. The van der Waals surface area contributed by atoms with Crippen molar-refractivity contribution in [2.45, 2.75) is 13.3 Å². The van der Waals surface area contributed by atoms with Crippen molar-refractivity contribution in [1.82, 2.24) is 5.32 Å². The zero-order valence-electron chi connectivity index (χ0n) is 9.87. The van der Waals surface area contributed by atoms with Gasteiger partial charge in [-0.2, -0.15) is 0 Å². The minimum atomic E-state index is 0.00900. The summed E-state index contributed by atoms with van der Waals surface area (Å²) in [4.78, 5) is 11.4. The summed E-state index contributed by atoms with van der Waals surface area (Å²) in [6.45, 7) is 2.54. The molecule has 88 valence electrons. The van der Waals surface area contributed by atoms with Crippen LogP contribution >= 0.6 is 0 Å². The van der Waals surface area contributed by atoms with Gasteiger partial charge >= 0.3 is 0 Å². The third kappa shape index (κ3) is 3.15. The van der Waals surface area contributed by atoms with Crippen molar-refractivity contribution in [3.63, 3.8) is 0 Å². The molecule has 0 saturated heterocycles. The quantitative estimate of drug-likeness (QED) is 0.820. The maximum atomic E-state index is 11.4. The summed E-state index contributed by atoms with van der Waals surface area (Å²) in [6.07, 6.45) is 0.355. The monoisotopic (exact) mass is 223 g/mol. The normalized spacial score (nSPS) is 9.69. The molecule has 0 fully saturated rings. The van der Waals surface area contributed by atoms with E-state index < -0.39 is 0 Å². The van der Waals surface area contributed by atoms with E-state index >= 15 is 0 Å². The Hall–Kier alpha value is -1.71. The van der Waals surface area contributed by atoms with Crippen molar-refractivity contribution in [3.8, 4) is 11.5 Å². The second kappa shape index (κ2) is 6.00. The summed E-state index contributed by atoms with van der Waals surface area (Å²) in [5.41, 5.74) is 0.906. The maximum absolute atomic E-state index is 11.4. The van der Waals surface area contributed by atoms with Crippen LogP contribution in [0.5, 0.6) is 11.5 Å². The first-order chi connectivity index (χ1) is 7.71. The Kier molecular flexibility index (Phi) is 4.64. The van der Waals surface area contributed by atoms with Crippen molar-refractivity contribution >= 4 is 5.91 Å². The molecular weight excluding hydrogens is 206 g/mol. The van der Waals surface area contributed by atoms with Crippen LogP contribution in [0.4, 0.5) is 0 Å². The molecule has 0 aliphatic heterocycles. The molecule has 1 N–H and O–H groups in total. The molecule has 0 saturated carbocycles. The van der Waals surface area contributed by atoms with Crippen molar-refractivity contribution < 1.29 is 14.3 Å². The van der Waals surface area contributed by atoms with Crippen LogP contribution in [0.1, 0.15) is 12.5 Å². The molecular formula is C12H17NO3. The number of carbonyl (C=O) groups excluding carboxylic acids is 1. The van der Waals surface area contributed by atoms with Gasteiger partial charge in [0.05, 0.1) is 20.6 Å². The molecule has 0 aliphatic carbocycles. The molecule has 4 nitrogen and oxygen atoms in total. The summed E-state index contributed by atoms with van der Waals surface area (Å²) in [5, 5.41) is 2.75. The molecule has 0 radical (unpaired) electrons. The minimum Gasteiger partial charge on any atom is -0.493 e. The van der Waals surface area contributed by atoms with E-state index in [2.05, 4.69) is 5.32 Å². The lowest BCUT2D eigenvalue weighted by Gasteiger charge is -2.09. The Morgan fingerprint density at radius 2 is 1.94 bits per heavy atom. The molecule has 16 heavy (non-hydrogen) atoms. The van der Waals surface area contributed by atoms with E-state index in [0.717, 1.165) is 5.56 Å². The van der Waals surface area contributed by atoms with E-state index in [1.807, 2.05) is 19.1 Å². The topological polar surface area (TPSA) is 47.6 Å². The number of nitrogens with one attached hydrogen (secondary N) is 1. The van der Waals surface area contributed by atoms with E-state index in [1.54, 1.807) is 20.3 Å². The minimum absolute atomic E-state index is 0.00900. The third-order valence-electron chi connectivity index (χ3n) is 2.19. The summed E-state index contributed by atoms with van der Waals surface area (Å²) in [5.74, 6) is 1.32. The van der Waals surface area contributed by atoms with Gasteiger partial charge in [0.25, 0.3) is 0 Å². The molecule has 0 atom stereocenters. The van der Waals surface area contributed by atoms with Gasteiger partial charge in [-0.25, -0.2) is 0 Å². The zero-order valence-corrected chi connectivity index (χ0v) is 9.87. The van der Waals surface area contributed by atoms with Crippen molar-refractivity contribution in [1.29, 1.82) is 0 Å². The van der Waals surface area contributed by atoms with Gasteiger partial charge in [0.2, 0.25) is 5.91 Å². The SMILES string of the molecule is CCNC(=O)Cc1ccc(OC)c(OC)c1. The average molecular weight is 223 g/mol. The second-order valence-electron chi connectivity index (χ2n) is 3.32. The third-order valence-corrected chi connectivity index (χ3v) is 2.19. The Bertz CT molecular complexity index is 363. The van der Waals surface area contributed by atoms with E-state index in [9.17, 15) is 4.79 Å². The fourth-order valence-electron chi connectivity index (χ4n) is 1.44. The first-order valence-corrected chi connectivity index (χ1v) is 5.18. The molecule has 1 aromatic carbocycles. The number of hydrogen-bond acceptors (Lipinski definition) is 3. The summed E-state index contributed by atoms with van der Waals surface area (Å²) < 4.78 is 10.3. The first-order valence-electron chi connectivity index (χ1n) is 5.18. The predicted molar refractivity (Wildman–Crippen MR) is 61.9 cm³/mol. The van der Waals surface area contributed by atoms with Crippen LogP contribution in [0.2, 0.25) is 0 Å². The van der Waals surface area contributed by atoms with Crippen LogP contribution < -0.4 is 14.8 Å². The molecule has 1 amide bonds. The van der Waals surface area contributed by atoms with Crippen LogP contribution in [0, 0.1) is 0 Å². The summed E-state index contributed by atoms with van der Waals surface area (Å²) in [6, 6.07) is 5.47. The Labute approximate surface area is 95.6 Å². The Balaban J connectivity index is 2.78. The molecule has 0 aliphatic rings. The van der Waals surface area contributed by atoms with E-state index in [1.165, 1.54) is 0 Å². The fourth-order valence-corrected chi connectivity index (χ4v) is 1.44. The second-order valence-corrected chi connectivity index (χ2v) is 3.32. The highest BCUT2D eigenvalue weighted by Crippen LogP contribution is 2.27. The molecule has 0 bridgehead atoms. The van der Waals surface area contributed by atoms with Gasteiger partial charge in [0.1, 0.15) is 0 Å². The molecule has 1 rings (SSSR count). The lowest BCUT2D eigenvalue weighted by atomic mass is 10.1. The van der Waals surface area contributed by atoms with Crippen LogP contribution in [0.3, 0.4) is 0 Å². The van der Waals surface area contributed by atoms with Gasteiger partial charge in [-0.1, -0.05) is 6.07 Å². The van der Waals surface area contributed by atoms with Crippen molar-refractivity contribution in [2.24, 2.45) is 0 Å². The van der Waals surface area contributed by atoms with E-state index in [-0.39, 0.29) is 5.91 Å². The number of carbonyl (C=O) groups is 1. The van der Waals surface area contributed by atoms with Gasteiger partial charge in [0.15, 0.2) is 11.5 Å². The molecule has 1 aromatic rings. The van der Waals surface area contributed by atoms with Crippen LogP contribution in [-0.2, 0) is 11.2 Å². The largest absolute Gasteiger partial charge is 0.493 e. The summed E-state index contributed by atoms with van der Waals surface area (Å²) in [7, 11) is 3.16. The van der Waals surface area contributed by atoms with Gasteiger partial charge in [-0.15, -0.1) is 0 Å². The molecule has 0 aromatic heterocycles. The van der Waals surface area contributed by atoms with Crippen molar-refractivity contribution in [3.05, 3.63) is 23.8 Å². The highest BCUT2D eigenvalue weighted by Gasteiger charge is 2.07. The smallest absolute Gasteiger partial charge is 0.224 e. The average Bonchev–Trinajstić information content (AvgIpc) is 2.29. The lowest BCUT2D eigenvalue weighted by molar-refractivity contribution is -0.120. The first kappa shape index (κ1) is 12.4. The van der Waals surface area contributed by atoms with Gasteiger partial charge < -0.3 is 14.8 Å². The van der Waals surface area contributed by atoms with Crippen LogP contribution in [0.25, 0.3) is 0 Å². The zero-order chi connectivity index (χ0) is 12.0. The van der Waals surface area contributed by atoms with Gasteiger partial charge in [-0.05, 0) is 24.6 Å². The van der Waals surface area contributed by atoms with Crippen molar-refractivity contribution in [2.75, 3.05) is 20.8 Å². The van der Waals surface area contributed by atoms with Crippen LogP contribution in [-0.4, -0.2) is 26.7 Å². The molecule has 0 unspecified atom stereocenters. The summed E-state index contributed by atoms with van der Waals surface area (Å²) >= 11 is 0. The molecule has 4 heteroatoms. The van der Waals surface area contributed by atoms with E-state index in [4.69, 9.17) is 9.47 Å². The lowest BCUT2D eigenvalue weighted by Crippen LogP contribution is -2.24. The number of likely N-dealkylation sites (N-methyl/N-ethyl adjacent to an activating group) is 1. The molecule has 0 spiro atoms. The van der Waals surface area contributed by atoms with Gasteiger partial charge in [-0.3, -0.25) is 4.79 Å². The highest BCUT2D eigenvalue weighted by atomic mass is 16.5. The fraction of sp³-hybridized carbons (Fsp3) is 0.417. The maximum Gasteiger partial charge on any atom is 0.224 e. The number of benzene rings is 1. The highest BCUT2D eigenvalue weighted by molar-refractivity contribution is 5.78. The number of hydrogen-bond donors (Lipinski definition) is 1. The number of methoxy groups -OCH3 is 2. The molecule has 0 heterocycles. The van der Waals surface area contributed by atoms with E-state index in [0.29, 0.717) is 24.5 Å².